The lowest BCUT2D eigenvalue weighted by Crippen LogP contribution is -2.51. The second-order valence-corrected chi connectivity index (χ2v) is 7.35. The number of rotatable bonds is 3. The molecule has 138 valence electrons. The van der Waals surface area contributed by atoms with Gasteiger partial charge in [0.15, 0.2) is 0 Å². The molecule has 6 nitrogen and oxygen atoms in total. The van der Waals surface area contributed by atoms with Crippen molar-refractivity contribution in [1.82, 2.24) is 15.1 Å². The Bertz CT molecular complexity index is 799. The molecule has 1 unspecified atom stereocenters. The number of benzene rings is 1. The number of piperazine rings is 1. The van der Waals surface area contributed by atoms with E-state index in [1.165, 1.54) is 5.56 Å². The van der Waals surface area contributed by atoms with Gasteiger partial charge < -0.3 is 14.5 Å². The van der Waals surface area contributed by atoms with Gasteiger partial charge in [0.25, 0.3) is 0 Å². The Morgan fingerprint density at radius 2 is 2.12 bits per heavy atom. The van der Waals surface area contributed by atoms with Crippen LogP contribution in [0.2, 0.25) is 5.02 Å². The zero-order valence-corrected chi connectivity index (χ0v) is 15.6. The lowest BCUT2D eigenvalue weighted by atomic mass is 9.87. The molecule has 0 radical (unpaired) electrons. The molecule has 26 heavy (non-hydrogen) atoms. The third-order valence-corrected chi connectivity index (χ3v) is 5.77. The first-order valence-electron chi connectivity index (χ1n) is 9.04. The minimum atomic E-state index is 0.0647. The highest BCUT2D eigenvalue weighted by Crippen LogP contribution is 2.31. The summed E-state index contributed by atoms with van der Waals surface area (Å²) in [5.41, 5.74) is 3.35. The largest absolute Gasteiger partial charge is 0.497 e. The maximum Gasteiger partial charge on any atom is 0.226 e. The Morgan fingerprint density at radius 3 is 2.88 bits per heavy atom. The molecule has 2 aromatic rings. The number of ether oxygens (including phenoxy) is 1. The Kier molecular flexibility index (Phi) is 4.76. The fourth-order valence-electron chi connectivity index (χ4n) is 3.91. The zero-order valence-electron chi connectivity index (χ0n) is 14.9. The number of fused-ring (bicyclic) bond motifs is 1. The number of nitrogens with zero attached hydrogens (tertiary/aromatic N) is 3. The molecule has 0 saturated carbocycles. The number of methoxy groups -OCH3 is 1. The summed E-state index contributed by atoms with van der Waals surface area (Å²) in [5.74, 6) is 1.12. The minimum absolute atomic E-state index is 0.0647. The average Bonchev–Trinajstić information content (AvgIpc) is 3.16. The fourth-order valence-corrected chi connectivity index (χ4v) is 4.14. The lowest BCUT2D eigenvalue weighted by molar-refractivity contribution is -0.136. The van der Waals surface area contributed by atoms with Crippen LogP contribution in [0.3, 0.4) is 0 Å². The summed E-state index contributed by atoms with van der Waals surface area (Å²) < 4.78 is 5.30. The number of amides is 1. The number of anilines is 1. The number of aromatic amines is 1. The molecule has 1 atom stereocenters. The Balaban J connectivity index is 1.39. The molecule has 7 heteroatoms. The van der Waals surface area contributed by atoms with Gasteiger partial charge in [0, 0.05) is 50.3 Å². The lowest BCUT2D eigenvalue weighted by Gasteiger charge is -2.38. The van der Waals surface area contributed by atoms with Crippen molar-refractivity contribution in [3.05, 3.63) is 40.7 Å². The van der Waals surface area contributed by atoms with Crippen molar-refractivity contribution in [2.75, 3.05) is 38.2 Å². The monoisotopic (exact) mass is 374 g/mol. The molecule has 1 N–H and O–H groups in total. The van der Waals surface area contributed by atoms with Crippen LogP contribution in [0.25, 0.3) is 0 Å². The maximum atomic E-state index is 12.9. The van der Waals surface area contributed by atoms with Gasteiger partial charge in [-0.05, 0) is 30.5 Å². The summed E-state index contributed by atoms with van der Waals surface area (Å²) in [4.78, 5) is 17.1. The van der Waals surface area contributed by atoms with Crippen LogP contribution in [0.1, 0.15) is 17.7 Å². The molecule has 1 aliphatic heterocycles. The van der Waals surface area contributed by atoms with E-state index in [9.17, 15) is 4.79 Å². The van der Waals surface area contributed by atoms with Gasteiger partial charge in [0.2, 0.25) is 5.91 Å². The van der Waals surface area contributed by atoms with E-state index in [0.717, 1.165) is 62.6 Å². The quantitative estimate of drug-likeness (QED) is 0.896. The standard InChI is InChI=1S/C19H23ClN4O2/c1-26-15-4-5-16(20)18(11-15)23-6-8-24(9-7-23)19(25)13-2-3-14-12-21-22-17(14)10-13/h4-5,11-13H,2-3,6-10H2,1H3,(H,21,22). The molecule has 1 fully saturated rings. The Labute approximate surface area is 158 Å². The summed E-state index contributed by atoms with van der Waals surface area (Å²) in [6, 6.07) is 5.68. The second kappa shape index (κ2) is 7.19. The summed E-state index contributed by atoms with van der Waals surface area (Å²) >= 11 is 6.36. The van der Waals surface area contributed by atoms with Crippen molar-refractivity contribution in [3.63, 3.8) is 0 Å². The van der Waals surface area contributed by atoms with Crippen LogP contribution in [0.5, 0.6) is 5.75 Å². The van der Waals surface area contributed by atoms with Gasteiger partial charge in [-0.2, -0.15) is 5.10 Å². The Hall–Kier alpha value is -2.21. The topological polar surface area (TPSA) is 61.5 Å². The first-order chi connectivity index (χ1) is 12.7. The predicted octanol–water partition coefficient (Wildman–Crippen LogP) is 2.53. The van der Waals surface area contributed by atoms with Crippen LogP contribution < -0.4 is 9.64 Å². The van der Waals surface area contributed by atoms with E-state index in [4.69, 9.17) is 16.3 Å². The molecule has 4 rings (SSSR count). The molecule has 1 aromatic carbocycles. The molecule has 1 aliphatic carbocycles. The van der Waals surface area contributed by atoms with Gasteiger partial charge in [-0.1, -0.05) is 11.6 Å². The summed E-state index contributed by atoms with van der Waals surface area (Å²) in [7, 11) is 1.65. The van der Waals surface area contributed by atoms with Crippen LogP contribution in [-0.2, 0) is 17.6 Å². The van der Waals surface area contributed by atoms with Gasteiger partial charge in [-0.15, -0.1) is 0 Å². The van der Waals surface area contributed by atoms with E-state index >= 15 is 0 Å². The van der Waals surface area contributed by atoms with Crippen LogP contribution >= 0.6 is 11.6 Å². The Morgan fingerprint density at radius 1 is 1.31 bits per heavy atom. The van der Waals surface area contributed by atoms with Crippen molar-refractivity contribution in [2.45, 2.75) is 19.3 Å². The predicted molar refractivity (Wildman–Crippen MR) is 101 cm³/mol. The van der Waals surface area contributed by atoms with E-state index in [-0.39, 0.29) is 11.8 Å². The highest BCUT2D eigenvalue weighted by molar-refractivity contribution is 6.33. The van der Waals surface area contributed by atoms with E-state index in [1.807, 2.05) is 29.3 Å². The number of H-pyrrole nitrogens is 1. The molecule has 2 aliphatic rings. The smallest absolute Gasteiger partial charge is 0.226 e. The van der Waals surface area contributed by atoms with Crippen LogP contribution in [0, 0.1) is 5.92 Å². The summed E-state index contributed by atoms with van der Waals surface area (Å²) in [6.07, 6.45) is 4.50. The molecule has 0 bridgehead atoms. The van der Waals surface area contributed by atoms with Gasteiger partial charge in [-0.3, -0.25) is 9.89 Å². The van der Waals surface area contributed by atoms with Crippen LogP contribution in [0.4, 0.5) is 5.69 Å². The SMILES string of the molecule is COc1ccc(Cl)c(N2CCN(C(=O)C3CCc4cn[nH]c4C3)CC2)c1. The highest BCUT2D eigenvalue weighted by Gasteiger charge is 2.31. The number of halogens is 1. The molecule has 0 spiro atoms. The zero-order chi connectivity index (χ0) is 18.1. The van der Waals surface area contributed by atoms with Crippen molar-refractivity contribution in [3.8, 4) is 5.75 Å². The highest BCUT2D eigenvalue weighted by atomic mass is 35.5. The molecular weight excluding hydrogens is 352 g/mol. The van der Waals surface area contributed by atoms with Gasteiger partial charge >= 0.3 is 0 Å². The number of aryl methyl sites for hydroxylation is 1. The van der Waals surface area contributed by atoms with Crippen LogP contribution in [-0.4, -0.2) is 54.3 Å². The number of hydrogen-bond acceptors (Lipinski definition) is 4. The van der Waals surface area contributed by atoms with Gasteiger partial charge in [-0.25, -0.2) is 0 Å². The van der Waals surface area contributed by atoms with Crippen molar-refractivity contribution < 1.29 is 9.53 Å². The third kappa shape index (κ3) is 3.26. The summed E-state index contributed by atoms with van der Waals surface area (Å²) in [6.45, 7) is 3.00. The molecular formula is C19H23ClN4O2. The van der Waals surface area contributed by atoms with Crippen LogP contribution in [0.15, 0.2) is 24.4 Å². The van der Waals surface area contributed by atoms with E-state index in [2.05, 4.69) is 15.1 Å². The number of aromatic nitrogens is 2. The molecule has 1 aromatic heterocycles. The van der Waals surface area contributed by atoms with Crippen molar-refractivity contribution in [1.29, 1.82) is 0 Å². The molecule has 1 saturated heterocycles. The normalized spacial score (nSPS) is 20.0. The van der Waals surface area contributed by atoms with Gasteiger partial charge in [0.1, 0.15) is 5.75 Å². The van der Waals surface area contributed by atoms with E-state index < -0.39 is 0 Å². The number of nitrogens with one attached hydrogen (secondary N) is 1. The van der Waals surface area contributed by atoms with E-state index in [1.54, 1.807) is 7.11 Å². The third-order valence-electron chi connectivity index (χ3n) is 5.45. The first-order valence-corrected chi connectivity index (χ1v) is 9.42. The second-order valence-electron chi connectivity index (χ2n) is 6.94. The van der Waals surface area contributed by atoms with E-state index in [0.29, 0.717) is 5.02 Å². The fraction of sp³-hybridized carbons (Fsp3) is 0.474. The van der Waals surface area contributed by atoms with Crippen molar-refractivity contribution >= 4 is 23.2 Å². The number of carbonyl (C=O) groups excluding carboxylic acids is 1. The molecule has 1 amide bonds. The van der Waals surface area contributed by atoms with Crippen molar-refractivity contribution in [2.24, 2.45) is 5.92 Å². The van der Waals surface area contributed by atoms with Gasteiger partial charge in [0.05, 0.1) is 24.0 Å². The number of carbonyl (C=O) groups is 1. The minimum Gasteiger partial charge on any atom is -0.497 e. The summed E-state index contributed by atoms with van der Waals surface area (Å²) in [5, 5.41) is 7.84. The maximum absolute atomic E-state index is 12.9. The molecule has 2 heterocycles. The first kappa shape index (κ1) is 17.2. The number of hydrogen-bond donors (Lipinski definition) is 1. The average molecular weight is 375 g/mol.